The Bertz CT molecular complexity index is 334. The number of carbonyl (C=O) groups excluding carboxylic acids is 1. The maximum Gasteiger partial charge on any atom is 0.307 e. The quantitative estimate of drug-likeness (QED) is 0.838. The first kappa shape index (κ1) is 13.4. The van der Waals surface area contributed by atoms with Gasteiger partial charge in [0.1, 0.15) is 0 Å². The Morgan fingerprint density at radius 2 is 1.56 bits per heavy atom. The number of hydrogen-bond donors (Lipinski definition) is 1. The van der Waals surface area contributed by atoms with Gasteiger partial charge in [0.15, 0.2) is 0 Å². The van der Waals surface area contributed by atoms with Crippen molar-refractivity contribution < 1.29 is 14.7 Å². The van der Waals surface area contributed by atoms with Crippen molar-refractivity contribution in [3.05, 3.63) is 0 Å². The molecule has 0 heterocycles. The highest BCUT2D eigenvalue weighted by Gasteiger charge is 2.43. The van der Waals surface area contributed by atoms with E-state index in [-0.39, 0.29) is 11.8 Å². The molecule has 18 heavy (non-hydrogen) atoms. The molecule has 0 spiro atoms. The Morgan fingerprint density at radius 1 is 1.00 bits per heavy atom. The lowest BCUT2D eigenvalue weighted by atomic mass is 9.72. The smallest absolute Gasteiger partial charge is 0.307 e. The van der Waals surface area contributed by atoms with Gasteiger partial charge in [-0.3, -0.25) is 9.59 Å². The number of amides is 1. The molecule has 0 aliphatic heterocycles. The molecule has 2 atom stereocenters. The molecule has 2 rings (SSSR count). The topological polar surface area (TPSA) is 57.6 Å². The summed E-state index contributed by atoms with van der Waals surface area (Å²) in [5, 5.41) is 9.01. The molecule has 4 heteroatoms. The molecule has 0 aromatic heterocycles. The van der Waals surface area contributed by atoms with Gasteiger partial charge in [-0.05, 0) is 44.4 Å². The van der Waals surface area contributed by atoms with Crippen LogP contribution in [0.4, 0.5) is 0 Å². The van der Waals surface area contributed by atoms with E-state index >= 15 is 0 Å². The summed E-state index contributed by atoms with van der Waals surface area (Å²) in [4.78, 5) is 25.1. The van der Waals surface area contributed by atoms with Crippen LogP contribution in [0.3, 0.4) is 0 Å². The molecule has 2 saturated carbocycles. The minimum Gasteiger partial charge on any atom is -0.481 e. The minimum absolute atomic E-state index is 0.0493. The lowest BCUT2D eigenvalue weighted by Gasteiger charge is -2.40. The Balaban J connectivity index is 1.90. The monoisotopic (exact) mass is 253 g/mol. The van der Waals surface area contributed by atoms with E-state index in [0.29, 0.717) is 12.5 Å². The fourth-order valence-electron chi connectivity index (χ4n) is 3.16. The van der Waals surface area contributed by atoms with E-state index in [1.165, 1.54) is 12.8 Å². The van der Waals surface area contributed by atoms with Crippen LogP contribution in [0.25, 0.3) is 0 Å². The largest absolute Gasteiger partial charge is 0.481 e. The molecule has 2 aliphatic carbocycles. The molecule has 0 saturated heterocycles. The molecule has 1 N–H and O–H groups in total. The third kappa shape index (κ3) is 2.52. The predicted molar refractivity (Wildman–Crippen MR) is 68.0 cm³/mol. The van der Waals surface area contributed by atoms with Crippen molar-refractivity contribution >= 4 is 11.9 Å². The second-order valence-electron chi connectivity index (χ2n) is 5.99. The zero-order chi connectivity index (χ0) is 13.3. The Morgan fingerprint density at radius 3 is 2.00 bits per heavy atom. The van der Waals surface area contributed by atoms with E-state index in [2.05, 4.69) is 6.92 Å². The number of nitrogens with zero attached hydrogens (tertiary/aromatic N) is 1. The fourth-order valence-corrected chi connectivity index (χ4v) is 3.16. The van der Waals surface area contributed by atoms with Crippen LogP contribution in [0.1, 0.15) is 45.4 Å². The fraction of sp³-hybridized carbons (Fsp3) is 0.857. The molecule has 1 amide bonds. The summed E-state index contributed by atoms with van der Waals surface area (Å²) in [6.07, 6.45) is 5.87. The number of hydrogen-bond acceptors (Lipinski definition) is 2. The van der Waals surface area contributed by atoms with Crippen LogP contribution in [0, 0.1) is 17.8 Å². The first-order valence-corrected chi connectivity index (χ1v) is 7.00. The summed E-state index contributed by atoms with van der Waals surface area (Å²) < 4.78 is 0. The average molecular weight is 253 g/mol. The second-order valence-corrected chi connectivity index (χ2v) is 5.99. The van der Waals surface area contributed by atoms with Crippen molar-refractivity contribution in [2.75, 3.05) is 7.05 Å². The first-order chi connectivity index (χ1) is 8.50. The van der Waals surface area contributed by atoms with Crippen molar-refractivity contribution in [1.29, 1.82) is 0 Å². The summed E-state index contributed by atoms with van der Waals surface area (Å²) in [7, 11) is 1.85. The third-order valence-electron chi connectivity index (χ3n) is 4.79. The van der Waals surface area contributed by atoms with Gasteiger partial charge in [0, 0.05) is 13.1 Å². The summed E-state index contributed by atoms with van der Waals surface area (Å²) in [5.74, 6) is -0.715. The first-order valence-electron chi connectivity index (χ1n) is 7.00. The van der Waals surface area contributed by atoms with Gasteiger partial charge in [-0.15, -0.1) is 0 Å². The highest BCUT2D eigenvalue weighted by Crippen LogP contribution is 2.37. The molecule has 2 aliphatic rings. The van der Waals surface area contributed by atoms with Gasteiger partial charge in [-0.25, -0.2) is 0 Å². The maximum atomic E-state index is 12.3. The number of carbonyl (C=O) groups is 2. The minimum atomic E-state index is -0.815. The van der Waals surface area contributed by atoms with Crippen molar-refractivity contribution in [1.82, 2.24) is 4.90 Å². The lowest BCUT2D eigenvalue weighted by Crippen LogP contribution is -2.48. The molecular formula is C14H23NO3. The highest BCUT2D eigenvalue weighted by atomic mass is 16.4. The van der Waals surface area contributed by atoms with Gasteiger partial charge in [0.2, 0.25) is 5.91 Å². The number of carboxylic acids is 1. The van der Waals surface area contributed by atoms with Gasteiger partial charge in [0.05, 0.1) is 11.8 Å². The van der Waals surface area contributed by atoms with E-state index in [4.69, 9.17) is 5.11 Å². The van der Waals surface area contributed by atoms with Crippen molar-refractivity contribution in [2.45, 2.75) is 51.5 Å². The lowest BCUT2D eigenvalue weighted by molar-refractivity contribution is -0.157. The summed E-state index contributed by atoms with van der Waals surface area (Å²) in [6, 6.07) is 0.323. The van der Waals surface area contributed by atoms with Gasteiger partial charge in [-0.2, -0.15) is 0 Å². The van der Waals surface area contributed by atoms with E-state index in [0.717, 1.165) is 25.2 Å². The molecule has 0 aromatic carbocycles. The third-order valence-corrected chi connectivity index (χ3v) is 4.79. The van der Waals surface area contributed by atoms with Crippen LogP contribution < -0.4 is 0 Å². The summed E-state index contributed by atoms with van der Waals surface area (Å²) in [5.41, 5.74) is 0. The summed E-state index contributed by atoms with van der Waals surface area (Å²) >= 11 is 0. The second kappa shape index (κ2) is 5.29. The van der Waals surface area contributed by atoms with Crippen molar-refractivity contribution in [3.63, 3.8) is 0 Å². The van der Waals surface area contributed by atoms with Crippen LogP contribution in [-0.4, -0.2) is 35.0 Å². The van der Waals surface area contributed by atoms with Crippen LogP contribution in [0.15, 0.2) is 0 Å². The number of aliphatic carboxylic acids is 1. The van der Waals surface area contributed by atoms with E-state index < -0.39 is 11.9 Å². The van der Waals surface area contributed by atoms with Crippen molar-refractivity contribution in [3.8, 4) is 0 Å². The molecule has 0 aromatic rings. The standard InChI is InChI=1S/C14H23NO3/c1-9-3-5-10(6-4-9)15(2)13(16)11-7-8-12(11)14(17)18/h9-12H,3-8H2,1-2H3,(H,17,18). The molecule has 2 unspecified atom stereocenters. The molecule has 2 fully saturated rings. The van der Waals surface area contributed by atoms with Gasteiger partial charge >= 0.3 is 5.97 Å². The van der Waals surface area contributed by atoms with Gasteiger partial charge in [-0.1, -0.05) is 6.92 Å². The SMILES string of the molecule is CC1CCC(N(C)C(=O)C2CCC2C(=O)O)CC1. The molecule has 0 bridgehead atoms. The van der Waals surface area contributed by atoms with E-state index in [1.807, 2.05) is 11.9 Å². The van der Waals surface area contributed by atoms with Gasteiger partial charge in [0.25, 0.3) is 0 Å². The Hall–Kier alpha value is -1.06. The number of carboxylic acid groups (broad SMARTS) is 1. The Kier molecular flexibility index (Phi) is 3.93. The normalized spacial score (nSPS) is 35.7. The predicted octanol–water partition coefficient (Wildman–Crippen LogP) is 2.13. The molecule has 102 valence electrons. The maximum absolute atomic E-state index is 12.3. The molecule has 4 nitrogen and oxygen atoms in total. The van der Waals surface area contributed by atoms with Crippen LogP contribution in [-0.2, 0) is 9.59 Å². The Labute approximate surface area is 108 Å². The summed E-state index contributed by atoms with van der Waals surface area (Å²) in [6.45, 7) is 2.25. The highest BCUT2D eigenvalue weighted by molar-refractivity contribution is 5.86. The van der Waals surface area contributed by atoms with Crippen molar-refractivity contribution in [2.24, 2.45) is 17.8 Å². The van der Waals surface area contributed by atoms with Crippen LogP contribution >= 0.6 is 0 Å². The number of rotatable bonds is 3. The van der Waals surface area contributed by atoms with E-state index in [9.17, 15) is 9.59 Å². The molecule has 0 radical (unpaired) electrons. The molecular weight excluding hydrogens is 230 g/mol. The zero-order valence-electron chi connectivity index (χ0n) is 11.3. The zero-order valence-corrected chi connectivity index (χ0v) is 11.3. The van der Waals surface area contributed by atoms with E-state index in [1.54, 1.807) is 0 Å². The van der Waals surface area contributed by atoms with Crippen LogP contribution in [0.2, 0.25) is 0 Å². The van der Waals surface area contributed by atoms with Crippen LogP contribution in [0.5, 0.6) is 0 Å². The van der Waals surface area contributed by atoms with Gasteiger partial charge < -0.3 is 10.0 Å². The average Bonchev–Trinajstić information content (AvgIpc) is 2.26.